The van der Waals surface area contributed by atoms with Gasteiger partial charge in [0.25, 0.3) is 0 Å². The molecule has 2 N–H and O–H groups in total. The van der Waals surface area contributed by atoms with Crippen molar-refractivity contribution in [3.8, 4) is 0 Å². The Morgan fingerprint density at radius 1 is 1.33 bits per heavy atom. The fourth-order valence-corrected chi connectivity index (χ4v) is 2.23. The van der Waals surface area contributed by atoms with E-state index in [0.29, 0.717) is 6.04 Å². The highest BCUT2D eigenvalue weighted by Gasteiger charge is 2.33. The van der Waals surface area contributed by atoms with Crippen LogP contribution in [0.15, 0.2) is 18.2 Å². The Hall–Kier alpha value is -1.23. The first kappa shape index (κ1) is 13.2. The van der Waals surface area contributed by atoms with Crippen LogP contribution in [0.4, 0.5) is 18.9 Å². The lowest BCUT2D eigenvalue weighted by atomic mass is 9.91. The van der Waals surface area contributed by atoms with Crippen LogP contribution < -0.4 is 10.6 Å². The van der Waals surface area contributed by atoms with Crippen LogP contribution in [-0.4, -0.2) is 13.1 Å². The standard InChI is InChI=1S/C13H17F3N2/c1-18(10-3-2-4-10)11-5-6-12(13(14,15)16)9(7-11)8-17/h5-7,10H,2-4,8,17H2,1H3. The van der Waals surface area contributed by atoms with Gasteiger partial charge in [-0.2, -0.15) is 13.2 Å². The largest absolute Gasteiger partial charge is 0.416 e. The highest BCUT2D eigenvalue weighted by Crippen LogP contribution is 2.35. The first-order chi connectivity index (χ1) is 8.43. The van der Waals surface area contributed by atoms with E-state index in [-0.39, 0.29) is 12.1 Å². The molecule has 1 saturated carbocycles. The van der Waals surface area contributed by atoms with Gasteiger partial charge in [0.2, 0.25) is 0 Å². The molecule has 1 aromatic rings. The van der Waals surface area contributed by atoms with Crippen LogP contribution in [0.25, 0.3) is 0 Å². The normalized spacial score (nSPS) is 16.5. The van der Waals surface area contributed by atoms with Gasteiger partial charge in [-0.25, -0.2) is 0 Å². The Balaban J connectivity index is 2.29. The molecule has 100 valence electrons. The number of hydrogen-bond donors (Lipinski definition) is 1. The lowest BCUT2D eigenvalue weighted by molar-refractivity contribution is -0.138. The molecular weight excluding hydrogens is 241 g/mol. The molecule has 0 spiro atoms. The molecule has 1 aliphatic carbocycles. The van der Waals surface area contributed by atoms with E-state index in [9.17, 15) is 13.2 Å². The van der Waals surface area contributed by atoms with Crippen LogP contribution in [-0.2, 0) is 12.7 Å². The van der Waals surface area contributed by atoms with Crippen molar-refractivity contribution in [2.45, 2.75) is 38.0 Å². The smallest absolute Gasteiger partial charge is 0.372 e. The molecule has 2 nitrogen and oxygen atoms in total. The molecule has 0 bridgehead atoms. The molecule has 1 aromatic carbocycles. The summed E-state index contributed by atoms with van der Waals surface area (Å²) in [6.07, 6.45) is -0.924. The molecule has 5 heteroatoms. The van der Waals surface area contributed by atoms with Crippen LogP contribution in [0.5, 0.6) is 0 Å². The van der Waals surface area contributed by atoms with E-state index in [2.05, 4.69) is 0 Å². The number of benzene rings is 1. The van der Waals surface area contributed by atoms with Crippen LogP contribution in [0.3, 0.4) is 0 Å². The summed E-state index contributed by atoms with van der Waals surface area (Å²) in [7, 11) is 1.92. The molecule has 0 heterocycles. The summed E-state index contributed by atoms with van der Waals surface area (Å²) in [5.41, 5.74) is 5.76. The minimum Gasteiger partial charge on any atom is -0.372 e. The summed E-state index contributed by atoms with van der Waals surface area (Å²) in [5, 5.41) is 0. The molecule has 1 fully saturated rings. The zero-order chi connectivity index (χ0) is 13.3. The zero-order valence-electron chi connectivity index (χ0n) is 10.3. The first-order valence-electron chi connectivity index (χ1n) is 6.06. The van der Waals surface area contributed by atoms with E-state index in [1.807, 2.05) is 11.9 Å². The Labute approximate surface area is 105 Å². The molecule has 0 unspecified atom stereocenters. The zero-order valence-corrected chi connectivity index (χ0v) is 10.3. The maximum absolute atomic E-state index is 12.7. The second-order valence-corrected chi connectivity index (χ2v) is 4.74. The third-order valence-corrected chi connectivity index (χ3v) is 3.64. The van der Waals surface area contributed by atoms with Gasteiger partial charge in [-0.05, 0) is 43.0 Å². The first-order valence-corrected chi connectivity index (χ1v) is 6.06. The van der Waals surface area contributed by atoms with Crippen molar-refractivity contribution in [2.24, 2.45) is 5.73 Å². The van der Waals surface area contributed by atoms with E-state index < -0.39 is 11.7 Å². The maximum Gasteiger partial charge on any atom is 0.416 e. The number of hydrogen-bond acceptors (Lipinski definition) is 2. The van der Waals surface area contributed by atoms with Gasteiger partial charge in [0.1, 0.15) is 0 Å². The Bertz CT molecular complexity index is 425. The Morgan fingerprint density at radius 2 is 2.00 bits per heavy atom. The van der Waals surface area contributed by atoms with Gasteiger partial charge in [0, 0.05) is 25.3 Å². The highest BCUT2D eigenvalue weighted by molar-refractivity contribution is 5.52. The lowest BCUT2D eigenvalue weighted by Gasteiger charge is -2.36. The fourth-order valence-electron chi connectivity index (χ4n) is 2.23. The molecule has 0 radical (unpaired) electrons. The number of halogens is 3. The van der Waals surface area contributed by atoms with Gasteiger partial charge in [0.15, 0.2) is 0 Å². The van der Waals surface area contributed by atoms with Gasteiger partial charge < -0.3 is 10.6 Å². The number of anilines is 1. The molecule has 0 amide bonds. The van der Waals surface area contributed by atoms with Crippen molar-refractivity contribution in [1.82, 2.24) is 0 Å². The second kappa shape index (κ2) is 4.80. The van der Waals surface area contributed by atoms with E-state index in [4.69, 9.17) is 5.73 Å². The SMILES string of the molecule is CN(c1ccc(C(F)(F)F)c(CN)c1)C1CCC1. The van der Waals surface area contributed by atoms with Crippen molar-refractivity contribution >= 4 is 5.69 Å². The predicted molar refractivity (Wildman–Crippen MR) is 65.4 cm³/mol. The topological polar surface area (TPSA) is 29.3 Å². The molecule has 0 atom stereocenters. The van der Waals surface area contributed by atoms with Gasteiger partial charge >= 0.3 is 6.18 Å². The van der Waals surface area contributed by atoms with E-state index >= 15 is 0 Å². The fraction of sp³-hybridized carbons (Fsp3) is 0.538. The number of alkyl halides is 3. The van der Waals surface area contributed by atoms with Gasteiger partial charge in [-0.3, -0.25) is 0 Å². The molecule has 2 rings (SSSR count). The molecule has 0 aliphatic heterocycles. The van der Waals surface area contributed by atoms with E-state index in [0.717, 1.165) is 24.6 Å². The van der Waals surface area contributed by atoms with Gasteiger partial charge in [-0.15, -0.1) is 0 Å². The van der Waals surface area contributed by atoms with Crippen molar-refractivity contribution in [1.29, 1.82) is 0 Å². The van der Waals surface area contributed by atoms with Gasteiger partial charge in [-0.1, -0.05) is 0 Å². The van der Waals surface area contributed by atoms with E-state index in [1.165, 1.54) is 12.5 Å². The minimum atomic E-state index is -4.33. The van der Waals surface area contributed by atoms with Crippen molar-refractivity contribution in [3.05, 3.63) is 29.3 Å². The monoisotopic (exact) mass is 258 g/mol. The summed E-state index contributed by atoms with van der Waals surface area (Å²) < 4.78 is 38.2. The quantitative estimate of drug-likeness (QED) is 0.902. The summed E-state index contributed by atoms with van der Waals surface area (Å²) >= 11 is 0. The molecule has 0 aromatic heterocycles. The summed E-state index contributed by atoms with van der Waals surface area (Å²) in [4.78, 5) is 2.04. The van der Waals surface area contributed by atoms with Crippen LogP contribution >= 0.6 is 0 Å². The Morgan fingerprint density at radius 3 is 2.44 bits per heavy atom. The summed E-state index contributed by atoms with van der Waals surface area (Å²) in [6.45, 7) is -0.0960. The Kier molecular flexibility index (Phi) is 3.52. The molecule has 18 heavy (non-hydrogen) atoms. The second-order valence-electron chi connectivity index (χ2n) is 4.74. The van der Waals surface area contributed by atoms with Crippen molar-refractivity contribution in [2.75, 3.05) is 11.9 Å². The van der Waals surface area contributed by atoms with Crippen LogP contribution in [0.2, 0.25) is 0 Å². The summed E-state index contributed by atoms with van der Waals surface area (Å²) in [6, 6.07) is 4.67. The average molecular weight is 258 g/mol. The van der Waals surface area contributed by atoms with Gasteiger partial charge in [0.05, 0.1) is 5.56 Å². The third kappa shape index (κ3) is 2.46. The van der Waals surface area contributed by atoms with Crippen molar-refractivity contribution in [3.63, 3.8) is 0 Å². The lowest BCUT2D eigenvalue weighted by Crippen LogP contribution is -2.37. The van der Waals surface area contributed by atoms with Crippen LogP contribution in [0, 0.1) is 0 Å². The predicted octanol–water partition coefficient (Wildman–Crippen LogP) is 3.15. The number of rotatable bonds is 3. The maximum atomic E-state index is 12.7. The molecule has 1 aliphatic rings. The minimum absolute atomic E-state index is 0.0960. The molecule has 0 saturated heterocycles. The van der Waals surface area contributed by atoms with Crippen molar-refractivity contribution < 1.29 is 13.2 Å². The van der Waals surface area contributed by atoms with E-state index in [1.54, 1.807) is 6.07 Å². The highest BCUT2D eigenvalue weighted by atomic mass is 19.4. The number of nitrogens with zero attached hydrogens (tertiary/aromatic N) is 1. The van der Waals surface area contributed by atoms with Crippen LogP contribution in [0.1, 0.15) is 30.4 Å². The third-order valence-electron chi connectivity index (χ3n) is 3.64. The summed E-state index contributed by atoms with van der Waals surface area (Å²) in [5.74, 6) is 0. The molecular formula is C13H17F3N2. The number of nitrogens with two attached hydrogens (primary N) is 1. The average Bonchev–Trinajstić information content (AvgIpc) is 2.24.